The lowest BCUT2D eigenvalue weighted by Gasteiger charge is -2.18. The van der Waals surface area contributed by atoms with Crippen molar-refractivity contribution in [3.8, 4) is 0 Å². The maximum Gasteiger partial charge on any atom is 0.306 e. The molecule has 6 heteroatoms. The molecule has 6 nitrogen and oxygen atoms in total. The summed E-state index contributed by atoms with van der Waals surface area (Å²) in [5, 5.41) is 0. The summed E-state index contributed by atoms with van der Waals surface area (Å²) in [5.41, 5.74) is 0. The van der Waals surface area contributed by atoms with Gasteiger partial charge in [-0.3, -0.25) is 14.4 Å². The van der Waals surface area contributed by atoms with Crippen LogP contribution in [0.2, 0.25) is 0 Å². The second-order valence-corrected chi connectivity index (χ2v) is 20.6. The van der Waals surface area contributed by atoms with E-state index in [1.165, 1.54) is 231 Å². The van der Waals surface area contributed by atoms with Crippen LogP contribution < -0.4 is 0 Å². The number of hydrogen-bond acceptors (Lipinski definition) is 6. The van der Waals surface area contributed by atoms with Crippen LogP contribution in [0.1, 0.15) is 335 Å². The average molecular weight is 958 g/mol. The van der Waals surface area contributed by atoms with E-state index in [1.807, 2.05) is 0 Å². The molecule has 0 radical (unpaired) electrons. The zero-order valence-corrected chi connectivity index (χ0v) is 45.9. The predicted octanol–water partition coefficient (Wildman–Crippen LogP) is 20.3. The first-order valence-electron chi connectivity index (χ1n) is 30.3. The molecule has 0 saturated carbocycles. The van der Waals surface area contributed by atoms with Crippen molar-refractivity contribution in [2.75, 3.05) is 13.2 Å². The molecule has 68 heavy (non-hydrogen) atoms. The fourth-order valence-electron chi connectivity index (χ4n) is 9.12. The van der Waals surface area contributed by atoms with Gasteiger partial charge in [0.1, 0.15) is 13.2 Å². The van der Waals surface area contributed by atoms with E-state index in [0.29, 0.717) is 19.3 Å². The van der Waals surface area contributed by atoms with Gasteiger partial charge >= 0.3 is 17.9 Å². The first kappa shape index (κ1) is 65.9. The monoisotopic (exact) mass is 957 g/mol. The molecule has 0 heterocycles. The van der Waals surface area contributed by atoms with Crippen LogP contribution >= 0.6 is 0 Å². The van der Waals surface area contributed by atoms with Gasteiger partial charge in [-0.25, -0.2) is 0 Å². The first-order chi connectivity index (χ1) is 33.5. The summed E-state index contributed by atoms with van der Waals surface area (Å²) in [6, 6.07) is 0. The minimum atomic E-state index is -0.761. The normalized spacial score (nSPS) is 12.1. The van der Waals surface area contributed by atoms with Crippen molar-refractivity contribution in [3.63, 3.8) is 0 Å². The third-order valence-electron chi connectivity index (χ3n) is 13.7. The van der Waals surface area contributed by atoms with Gasteiger partial charge in [-0.1, -0.05) is 289 Å². The molecule has 0 amide bonds. The molecule has 1 atom stereocenters. The summed E-state index contributed by atoms with van der Waals surface area (Å²) in [6.07, 6.45) is 68.1. The molecule has 0 N–H and O–H groups in total. The smallest absolute Gasteiger partial charge is 0.306 e. The lowest BCUT2D eigenvalue weighted by molar-refractivity contribution is -0.167. The Hall–Kier alpha value is -2.11. The summed E-state index contributed by atoms with van der Waals surface area (Å²) in [6.45, 7) is 6.60. The van der Waals surface area contributed by atoms with Crippen LogP contribution in [-0.4, -0.2) is 37.2 Å². The van der Waals surface area contributed by atoms with E-state index in [9.17, 15) is 14.4 Å². The number of carbonyl (C=O) groups excluding carboxylic acids is 3. The molecule has 0 aromatic rings. The molecule has 0 saturated heterocycles. The Kier molecular flexibility index (Phi) is 55.7. The Bertz CT molecular complexity index is 1100. The molecule has 0 rings (SSSR count). The maximum atomic E-state index is 12.7. The van der Waals surface area contributed by atoms with Crippen molar-refractivity contribution < 1.29 is 28.6 Å². The fourth-order valence-corrected chi connectivity index (χ4v) is 9.12. The molecule has 0 bridgehead atoms. The molecule has 400 valence electrons. The van der Waals surface area contributed by atoms with Gasteiger partial charge in [0.15, 0.2) is 6.10 Å². The second kappa shape index (κ2) is 57.5. The molecule has 0 aromatic heterocycles. The third kappa shape index (κ3) is 54.8. The van der Waals surface area contributed by atoms with Crippen LogP contribution in [0, 0.1) is 0 Å². The Morgan fingerprint density at radius 2 is 0.529 bits per heavy atom. The van der Waals surface area contributed by atoms with Gasteiger partial charge < -0.3 is 14.2 Å². The van der Waals surface area contributed by atoms with Crippen molar-refractivity contribution in [1.29, 1.82) is 0 Å². The molecule has 0 aromatic carbocycles. The van der Waals surface area contributed by atoms with E-state index < -0.39 is 6.10 Å². The van der Waals surface area contributed by atoms with E-state index in [1.54, 1.807) is 0 Å². The highest BCUT2D eigenvalue weighted by atomic mass is 16.6. The van der Waals surface area contributed by atoms with Crippen LogP contribution in [0.15, 0.2) is 24.3 Å². The fraction of sp³-hybridized carbons (Fsp3) is 0.887. The van der Waals surface area contributed by atoms with E-state index in [0.717, 1.165) is 64.2 Å². The highest BCUT2D eigenvalue weighted by Gasteiger charge is 2.19. The highest BCUT2D eigenvalue weighted by Crippen LogP contribution is 2.17. The molecular weight excluding hydrogens is 841 g/mol. The van der Waals surface area contributed by atoms with Gasteiger partial charge in [0.05, 0.1) is 0 Å². The quantitative estimate of drug-likeness (QED) is 0.0262. The van der Waals surface area contributed by atoms with Crippen molar-refractivity contribution >= 4 is 17.9 Å². The summed E-state index contributed by atoms with van der Waals surface area (Å²) in [5.74, 6) is -0.858. The summed E-state index contributed by atoms with van der Waals surface area (Å²) >= 11 is 0. The topological polar surface area (TPSA) is 78.9 Å². The molecular formula is C62H116O6. The third-order valence-corrected chi connectivity index (χ3v) is 13.7. The molecule has 0 aliphatic carbocycles. The highest BCUT2D eigenvalue weighted by molar-refractivity contribution is 5.71. The average Bonchev–Trinajstić information content (AvgIpc) is 3.34. The molecule has 0 spiro atoms. The zero-order valence-electron chi connectivity index (χ0n) is 45.9. The first-order valence-corrected chi connectivity index (χ1v) is 30.3. The van der Waals surface area contributed by atoms with Crippen LogP contribution in [0.4, 0.5) is 0 Å². The lowest BCUT2D eigenvalue weighted by atomic mass is 10.0. The predicted molar refractivity (Wildman–Crippen MR) is 293 cm³/mol. The Labute approximate surface area is 423 Å². The van der Waals surface area contributed by atoms with Gasteiger partial charge in [0.2, 0.25) is 0 Å². The van der Waals surface area contributed by atoms with Crippen LogP contribution in [0.3, 0.4) is 0 Å². The van der Waals surface area contributed by atoms with E-state index in [4.69, 9.17) is 14.2 Å². The minimum Gasteiger partial charge on any atom is -0.462 e. The molecule has 1 unspecified atom stereocenters. The van der Waals surface area contributed by atoms with Gasteiger partial charge in [-0.05, 0) is 51.4 Å². The number of allylic oxidation sites excluding steroid dienone is 4. The number of carbonyl (C=O) groups is 3. The van der Waals surface area contributed by atoms with Crippen LogP contribution in [-0.2, 0) is 28.6 Å². The lowest BCUT2D eigenvalue weighted by Crippen LogP contribution is -2.30. The van der Waals surface area contributed by atoms with Crippen molar-refractivity contribution in [2.45, 2.75) is 341 Å². The zero-order chi connectivity index (χ0) is 49.3. The number of ether oxygens (including phenoxy) is 3. The van der Waals surface area contributed by atoms with Crippen molar-refractivity contribution in [1.82, 2.24) is 0 Å². The maximum absolute atomic E-state index is 12.7. The molecule has 0 fully saturated rings. The number of unbranched alkanes of at least 4 members (excludes halogenated alkanes) is 41. The van der Waals surface area contributed by atoms with Gasteiger partial charge in [-0.2, -0.15) is 0 Å². The summed E-state index contributed by atoms with van der Waals surface area (Å²) in [7, 11) is 0. The van der Waals surface area contributed by atoms with Crippen molar-refractivity contribution in [3.05, 3.63) is 24.3 Å². The summed E-state index contributed by atoms with van der Waals surface area (Å²) < 4.78 is 16.7. The largest absolute Gasteiger partial charge is 0.462 e. The number of rotatable bonds is 56. The molecule has 0 aliphatic rings. The molecule has 0 aliphatic heterocycles. The van der Waals surface area contributed by atoms with Crippen LogP contribution in [0.5, 0.6) is 0 Å². The van der Waals surface area contributed by atoms with Gasteiger partial charge in [0, 0.05) is 19.3 Å². The Morgan fingerprint density at radius 1 is 0.294 bits per heavy atom. The van der Waals surface area contributed by atoms with Crippen molar-refractivity contribution in [2.24, 2.45) is 0 Å². The minimum absolute atomic E-state index is 0.0651. The van der Waals surface area contributed by atoms with Crippen LogP contribution in [0.25, 0.3) is 0 Å². The Balaban J connectivity index is 3.85. The Morgan fingerprint density at radius 3 is 0.809 bits per heavy atom. The van der Waals surface area contributed by atoms with E-state index >= 15 is 0 Å². The van der Waals surface area contributed by atoms with Gasteiger partial charge in [-0.15, -0.1) is 0 Å². The second-order valence-electron chi connectivity index (χ2n) is 20.6. The number of esters is 3. The van der Waals surface area contributed by atoms with Gasteiger partial charge in [0.25, 0.3) is 0 Å². The van der Waals surface area contributed by atoms with E-state index in [-0.39, 0.29) is 31.1 Å². The number of hydrogen-bond donors (Lipinski definition) is 0. The standard InChI is InChI=1S/C62H116O6/c1-4-7-10-13-16-18-20-21-22-23-24-25-26-27-28-29-30-31-32-33-34-35-36-37-38-39-40-41-43-44-46-49-52-55-61(64)67-58-59(57-66-60(63)54-51-48-15-12-9-6-3)68-62(65)56-53-50-47-45-42-19-17-14-11-8-5-2/h20-21,23-24,59H,4-19,22,25-58H2,1-3H3/b21-20-,24-23-. The summed E-state index contributed by atoms with van der Waals surface area (Å²) in [4.78, 5) is 37.8. The van der Waals surface area contributed by atoms with E-state index in [2.05, 4.69) is 45.1 Å². The SMILES string of the molecule is CCCCCCC/C=C\C/C=C\CCCCCCCCCCCCCCCCCCCCCCCC(=O)OCC(COC(=O)CCCCCCCC)OC(=O)CCCCCCCCCCCCC.